The summed E-state index contributed by atoms with van der Waals surface area (Å²) in [5.41, 5.74) is 3.55. The Bertz CT molecular complexity index is 1380. The number of carbonyl (C=O) groups excluding carboxylic acids is 3. The zero-order chi connectivity index (χ0) is 24.6. The van der Waals surface area contributed by atoms with Crippen LogP contribution in [0.3, 0.4) is 0 Å². The molecule has 6 nitrogen and oxygen atoms in total. The predicted molar refractivity (Wildman–Crippen MR) is 136 cm³/mol. The highest BCUT2D eigenvalue weighted by molar-refractivity contribution is 6.54. The Morgan fingerprint density at radius 1 is 0.882 bits per heavy atom. The average molecular weight is 515 g/mol. The van der Waals surface area contributed by atoms with Gasteiger partial charge in [-0.05, 0) is 67.4 Å². The summed E-state index contributed by atoms with van der Waals surface area (Å²) in [5, 5.41) is 5.96. The first kappa shape index (κ1) is 23.8. The Morgan fingerprint density at radius 2 is 1.62 bits per heavy atom. The molecule has 1 aliphatic heterocycles. The van der Waals surface area contributed by atoms with Gasteiger partial charge in [0.25, 0.3) is 17.7 Å². The van der Waals surface area contributed by atoms with Gasteiger partial charge >= 0.3 is 0 Å². The second kappa shape index (κ2) is 9.50. The highest BCUT2D eigenvalue weighted by Gasteiger charge is 2.39. The molecule has 0 aliphatic carbocycles. The second-order valence-corrected chi connectivity index (χ2v) is 8.86. The highest BCUT2D eigenvalue weighted by Crippen LogP contribution is 2.35. The van der Waals surface area contributed by atoms with Crippen LogP contribution in [0.4, 0.5) is 17.1 Å². The molecule has 0 saturated carbocycles. The van der Waals surface area contributed by atoms with Gasteiger partial charge in [0.05, 0.1) is 10.7 Å². The fraction of sp³-hybridized carbons (Fsp3) is 0.0800. The lowest BCUT2D eigenvalue weighted by Crippen LogP contribution is -2.32. The molecule has 172 valence electrons. The third-order valence-electron chi connectivity index (χ3n) is 5.42. The number of anilines is 3. The number of amides is 3. The summed E-state index contributed by atoms with van der Waals surface area (Å²) in [6.45, 7) is 3.90. The third-order valence-corrected chi connectivity index (χ3v) is 6.31. The minimum Gasteiger partial charge on any atom is -0.350 e. The molecule has 4 rings (SSSR count). The van der Waals surface area contributed by atoms with Crippen molar-refractivity contribution in [1.29, 1.82) is 0 Å². The van der Waals surface area contributed by atoms with Crippen molar-refractivity contribution in [3.8, 4) is 0 Å². The zero-order valence-electron chi connectivity index (χ0n) is 18.1. The van der Waals surface area contributed by atoms with E-state index in [2.05, 4.69) is 10.6 Å². The summed E-state index contributed by atoms with van der Waals surface area (Å²) >= 11 is 18.3. The minimum atomic E-state index is -0.720. The van der Waals surface area contributed by atoms with Crippen molar-refractivity contribution in [2.45, 2.75) is 13.8 Å². The van der Waals surface area contributed by atoms with Crippen LogP contribution in [0.2, 0.25) is 10.0 Å². The van der Waals surface area contributed by atoms with Crippen molar-refractivity contribution in [2.24, 2.45) is 0 Å². The molecule has 0 aromatic heterocycles. The van der Waals surface area contributed by atoms with Crippen molar-refractivity contribution < 1.29 is 14.4 Å². The van der Waals surface area contributed by atoms with E-state index in [9.17, 15) is 14.4 Å². The Morgan fingerprint density at radius 3 is 2.35 bits per heavy atom. The van der Waals surface area contributed by atoms with Crippen molar-refractivity contribution in [1.82, 2.24) is 0 Å². The SMILES string of the molecule is Cc1cccc(NC(=O)c2cccc(NC3=C(Cl)C(=O)N(c4ccc(Cl)cc4Cl)C3=O)c2)c1C. The number of hydrogen-bond donors (Lipinski definition) is 2. The van der Waals surface area contributed by atoms with Crippen molar-refractivity contribution in [2.75, 3.05) is 15.5 Å². The maximum atomic E-state index is 13.0. The predicted octanol–water partition coefficient (Wildman–Crippen LogP) is 6.30. The zero-order valence-corrected chi connectivity index (χ0v) is 20.3. The van der Waals surface area contributed by atoms with Crippen molar-refractivity contribution in [3.63, 3.8) is 0 Å². The number of nitrogens with one attached hydrogen (secondary N) is 2. The number of benzene rings is 3. The molecule has 0 atom stereocenters. The van der Waals surface area contributed by atoms with Gasteiger partial charge in [-0.25, -0.2) is 4.90 Å². The molecular weight excluding hydrogens is 497 g/mol. The molecule has 0 fully saturated rings. The monoisotopic (exact) mass is 513 g/mol. The Labute approximate surface area is 211 Å². The maximum absolute atomic E-state index is 13.0. The number of hydrogen-bond acceptors (Lipinski definition) is 4. The Hall–Kier alpha value is -3.32. The highest BCUT2D eigenvalue weighted by atomic mass is 35.5. The largest absolute Gasteiger partial charge is 0.350 e. The molecule has 0 spiro atoms. The van der Waals surface area contributed by atoms with Crippen LogP contribution in [0.25, 0.3) is 0 Å². The number of aryl methyl sites for hydroxylation is 1. The van der Waals surface area contributed by atoms with Crippen LogP contribution in [0.5, 0.6) is 0 Å². The van der Waals surface area contributed by atoms with Crippen molar-refractivity contribution in [3.05, 3.63) is 98.1 Å². The Balaban J connectivity index is 1.56. The molecular formula is C25H18Cl3N3O3. The molecule has 1 aliphatic rings. The summed E-state index contributed by atoms with van der Waals surface area (Å²) in [5.74, 6) is -1.72. The lowest BCUT2D eigenvalue weighted by atomic mass is 10.1. The lowest BCUT2D eigenvalue weighted by Gasteiger charge is -2.17. The van der Waals surface area contributed by atoms with Crippen LogP contribution in [0, 0.1) is 13.8 Å². The molecule has 3 amide bonds. The average Bonchev–Trinajstić information content (AvgIpc) is 3.00. The van der Waals surface area contributed by atoms with Gasteiger partial charge in [0.2, 0.25) is 0 Å². The number of rotatable bonds is 5. The molecule has 34 heavy (non-hydrogen) atoms. The van der Waals surface area contributed by atoms with Crippen LogP contribution in [-0.4, -0.2) is 17.7 Å². The quantitative estimate of drug-likeness (QED) is 0.392. The van der Waals surface area contributed by atoms with E-state index < -0.39 is 11.8 Å². The summed E-state index contributed by atoms with van der Waals surface area (Å²) < 4.78 is 0. The summed E-state index contributed by atoms with van der Waals surface area (Å²) in [4.78, 5) is 39.4. The topological polar surface area (TPSA) is 78.5 Å². The smallest absolute Gasteiger partial charge is 0.283 e. The first-order valence-corrected chi connectivity index (χ1v) is 11.3. The molecule has 2 N–H and O–H groups in total. The van der Waals surface area contributed by atoms with Gasteiger partial charge in [-0.3, -0.25) is 14.4 Å². The molecule has 0 radical (unpaired) electrons. The molecule has 0 unspecified atom stereocenters. The van der Waals surface area contributed by atoms with Gasteiger partial charge in [-0.15, -0.1) is 0 Å². The van der Waals surface area contributed by atoms with E-state index in [0.717, 1.165) is 16.0 Å². The molecule has 0 bridgehead atoms. The van der Waals surface area contributed by atoms with Gasteiger partial charge < -0.3 is 10.6 Å². The first-order valence-electron chi connectivity index (χ1n) is 10.2. The van der Waals surface area contributed by atoms with E-state index in [0.29, 0.717) is 22.0 Å². The third kappa shape index (κ3) is 4.53. The van der Waals surface area contributed by atoms with Gasteiger partial charge in [0, 0.05) is 22.0 Å². The summed E-state index contributed by atoms with van der Waals surface area (Å²) in [7, 11) is 0. The van der Waals surface area contributed by atoms with Gasteiger partial charge in [-0.2, -0.15) is 0 Å². The van der Waals surface area contributed by atoms with E-state index in [1.165, 1.54) is 18.2 Å². The van der Waals surface area contributed by atoms with Crippen LogP contribution in [0.1, 0.15) is 21.5 Å². The first-order chi connectivity index (χ1) is 16.2. The van der Waals surface area contributed by atoms with Gasteiger partial charge in [-0.1, -0.05) is 53.0 Å². The normalized spacial score (nSPS) is 13.5. The van der Waals surface area contributed by atoms with Gasteiger partial charge in [0.1, 0.15) is 10.7 Å². The number of halogens is 3. The second-order valence-electron chi connectivity index (χ2n) is 7.64. The van der Waals surface area contributed by atoms with Crippen LogP contribution in [-0.2, 0) is 9.59 Å². The van der Waals surface area contributed by atoms with Crippen LogP contribution in [0.15, 0.2) is 71.4 Å². The van der Waals surface area contributed by atoms with E-state index in [-0.39, 0.29) is 27.3 Å². The van der Waals surface area contributed by atoms with Crippen LogP contribution >= 0.6 is 34.8 Å². The number of nitrogens with zero attached hydrogens (tertiary/aromatic N) is 1. The Kier molecular flexibility index (Phi) is 6.66. The fourth-order valence-corrected chi connectivity index (χ4v) is 4.16. The standard InChI is InChI=1S/C25H18Cl3N3O3/c1-13-5-3-8-19(14(13)2)30-23(32)15-6-4-7-17(11-15)29-22-21(28)24(33)31(25(22)34)20-10-9-16(26)12-18(20)27/h3-12,29H,1-2H3,(H,30,32). The number of imide groups is 1. The van der Waals surface area contributed by atoms with Gasteiger partial charge in [0.15, 0.2) is 0 Å². The van der Waals surface area contributed by atoms with E-state index >= 15 is 0 Å². The van der Waals surface area contributed by atoms with E-state index in [4.69, 9.17) is 34.8 Å². The molecule has 9 heteroatoms. The summed E-state index contributed by atoms with van der Waals surface area (Å²) in [6.07, 6.45) is 0. The van der Waals surface area contributed by atoms with E-state index in [1.54, 1.807) is 24.3 Å². The molecule has 1 heterocycles. The number of carbonyl (C=O) groups is 3. The minimum absolute atomic E-state index is 0.121. The van der Waals surface area contributed by atoms with E-state index in [1.807, 2.05) is 32.0 Å². The summed E-state index contributed by atoms with van der Waals surface area (Å²) in [6, 6.07) is 16.6. The van der Waals surface area contributed by atoms with Crippen molar-refractivity contribution >= 4 is 69.6 Å². The molecule has 0 saturated heterocycles. The lowest BCUT2D eigenvalue weighted by molar-refractivity contribution is -0.120. The van der Waals surface area contributed by atoms with Crippen LogP contribution < -0.4 is 15.5 Å². The molecule has 3 aromatic rings. The fourth-order valence-electron chi connectivity index (χ4n) is 3.46. The molecule has 3 aromatic carbocycles. The maximum Gasteiger partial charge on any atom is 0.283 e.